The van der Waals surface area contributed by atoms with Crippen molar-refractivity contribution in [2.24, 2.45) is 0 Å². The molecule has 1 aromatic rings. The normalized spacial score (nSPS) is 9.76. The van der Waals surface area contributed by atoms with E-state index in [9.17, 15) is 4.79 Å². The van der Waals surface area contributed by atoms with Crippen molar-refractivity contribution in [1.29, 1.82) is 0 Å². The van der Waals surface area contributed by atoms with E-state index in [2.05, 4.69) is 25.9 Å². The van der Waals surface area contributed by atoms with Gasteiger partial charge in [0, 0.05) is 26.9 Å². The second-order valence-electron chi connectivity index (χ2n) is 3.21. The van der Waals surface area contributed by atoms with Gasteiger partial charge in [0.2, 0.25) is 11.9 Å². The third-order valence-corrected chi connectivity index (χ3v) is 1.94. The van der Waals surface area contributed by atoms with E-state index in [1.54, 1.807) is 26.4 Å². The second-order valence-corrected chi connectivity index (χ2v) is 3.21. The maximum absolute atomic E-state index is 11.4. The van der Waals surface area contributed by atoms with Gasteiger partial charge < -0.3 is 20.7 Å². The molecule has 0 spiro atoms. The summed E-state index contributed by atoms with van der Waals surface area (Å²) in [5.41, 5.74) is 0. The average molecular weight is 239 g/mol. The Labute approximate surface area is 100.0 Å². The number of anilines is 2. The van der Waals surface area contributed by atoms with Gasteiger partial charge in [0.25, 0.3) is 0 Å². The molecular weight excluding hydrogens is 222 g/mol. The average Bonchev–Trinajstić information content (AvgIpc) is 2.37. The highest BCUT2D eigenvalue weighted by Gasteiger charge is 2.01. The minimum absolute atomic E-state index is 0.105. The van der Waals surface area contributed by atoms with Crippen molar-refractivity contribution in [2.45, 2.75) is 0 Å². The molecule has 0 radical (unpaired) electrons. The lowest BCUT2D eigenvalue weighted by Gasteiger charge is -2.07. The molecule has 0 fully saturated rings. The molecular formula is C10H17N5O2. The van der Waals surface area contributed by atoms with Gasteiger partial charge in [0.1, 0.15) is 5.82 Å². The summed E-state index contributed by atoms with van der Waals surface area (Å²) in [5, 5.41) is 8.42. The lowest BCUT2D eigenvalue weighted by Crippen LogP contribution is -2.32. The van der Waals surface area contributed by atoms with E-state index >= 15 is 0 Å². The van der Waals surface area contributed by atoms with Crippen LogP contribution in [0.4, 0.5) is 11.8 Å². The van der Waals surface area contributed by atoms with Gasteiger partial charge in [-0.2, -0.15) is 4.98 Å². The highest BCUT2D eigenvalue weighted by molar-refractivity contribution is 5.80. The van der Waals surface area contributed by atoms with E-state index in [-0.39, 0.29) is 12.5 Å². The first-order valence-electron chi connectivity index (χ1n) is 5.26. The predicted octanol–water partition coefficient (Wildman–Crippen LogP) is -0.307. The Bertz CT molecular complexity index is 358. The molecule has 17 heavy (non-hydrogen) atoms. The molecule has 7 heteroatoms. The number of nitrogens with zero attached hydrogens (tertiary/aromatic N) is 2. The van der Waals surface area contributed by atoms with Gasteiger partial charge in [-0.15, -0.1) is 0 Å². The van der Waals surface area contributed by atoms with Crippen LogP contribution in [-0.4, -0.2) is 49.7 Å². The summed E-state index contributed by atoms with van der Waals surface area (Å²) in [4.78, 5) is 19.4. The number of hydrogen-bond acceptors (Lipinski definition) is 6. The van der Waals surface area contributed by atoms with Crippen LogP contribution in [0.3, 0.4) is 0 Å². The van der Waals surface area contributed by atoms with E-state index in [0.29, 0.717) is 24.9 Å². The van der Waals surface area contributed by atoms with Crippen molar-refractivity contribution < 1.29 is 9.53 Å². The van der Waals surface area contributed by atoms with Crippen molar-refractivity contribution in [1.82, 2.24) is 15.3 Å². The Hall–Kier alpha value is -1.89. The monoisotopic (exact) mass is 239 g/mol. The highest BCUT2D eigenvalue weighted by atomic mass is 16.5. The zero-order valence-corrected chi connectivity index (χ0v) is 9.99. The van der Waals surface area contributed by atoms with Gasteiger partial charge in [0.15, 0.2) is 0 Å². The Morgan fingerprint density at radius 1 is 1.53 bits per heavy atom. The highest BCUT2D eigenvalue weighted by Crippen LogP contribution is 2.03. The third-order valence-electron chi connectivity index (χ3n) is 1.94. The number of nitrogens with one attached hydrogen (secondary N) is 3. The smallest absolute Gasteiger partial charge is 0.239 e. The summed E-state index contributed by atoms with van der Waals surface area (Å²) in [7, 11) is 3.32. The SMILES string of the molecule is CNc1nccc(NCC(=O)NCCOC)n1. The summed E-state index contributed by atoms with van der Waals surface area (Å²) < 4.78 is 4.82. The molecule has 1 aromatic heterocycles. The molecule has 1 heterocycles. The first kappa shape index (κ1) is 13.2. The maximum atomic E-state index is 11.4. The fourth-order valence-corrected chi connectivity index (χ4v) is 1.10. The standard InChI is InChI=1S/C10H17N5O2/c1-11-10-13-4-3-8(15-10)14-7-9(16)12-5-6-17-2/h3-4H,5-7H2,1-2H3,(H,12,16)(H2,11,13,14,15). The molecule has 0 saturated carbocycles. The minimum atomic E-state index is -0.105. The van der Waals surface area contributed by atoms with E-state index < -0.39 is 0 Å². The largest absolute Gasteiger partial charge is 0.383 e. The molecule has 0 aliphatic heterocycles. The Balaban J connectivity index is 2.31. The van der Waals surface area contributed by atoms with Gasteiger partial charge in [-0.3, -0.25) is 4.79 Å². The van der Waals surface area contributed by atoms with Gasteiger partial charge in [-0.1, -0.05) is 0 Å². The second kappa shape index (κ2) is 7.39. The van der Waals surface area contributed by atoms with E-state index in [1.807, 2.05) is 0 Å². The Morgan fingerprint density at radius 3 is 3.06 bits per heavy atom. The third kappa shape index (κ3) is 5.12. The maximum Gasteiger partial charge on any atom is 0.239 e. The Kier molecular flexibility index (Phi) is 5.73. The van der Waals surface area contributed by atoms with Crippen LogP contribution in [0.1, 0.15) is 0 Å². The molecule has 0 unspecified atom stereocenters. The number of ether oxygens (including phenoxy) is 1. The van der Waals surface area contributed by atoms with E-state index in [1.165, 1.54) is 0 Å². The molecule has 3 N–H and O–H groups in total. The molecule has 1 rings (SSSR count). The Morgan fingerprint density at radius 2 is 2.35 bits per heavy atom. The lowest BCUT2D eigenvalue weighted by molar-refractivity contribution is -0.119. The number of carbonyl (C=O) groups is 1. The van der Waals surface area contributed by atoms with Crippen molar-refractivity contribution in [3.63, 3.8) is 0 Å². The van der Waals surface area contributed by atoms with Crippen molar-refractivity contribution >= 4 is 17.7 Å². The van der Waals surface area contributed by atoms with Crippen LogP contribution in [0.2, 0.25) is 0 Å². The number of methoxy groups -OCH3 is 1. The van der Waals surface area contributed by atoms with E-state index in [0.717, 1.165) is 0 Å². The van der Waals surface area contributed by atoms with Crippen LogP contribution in [0, 0.1) is 0 Å². The number of amides is 1. The molecule has 0 aromatic carbocycles. The quantitative estimate of drug-likeness (QED) is 0.566. The number of hydrogen-bond donors (Lipinski definition) is 3. The van der Waals surface area contributed by atoms with Crippen LogP contribution < -0.4 is 16.0 Å². The van der Waals surface area contributed by atoms with Crippen LogP contribution in [0.5, 0.6) is 0 Å². The molecule has 94 valence electrons. The zero-order chi connectivity index (χ0) is 12.5. The van der Waals surface area contributed by atoms with Crippen molar-refractivity contribution in [3.05, 3.63) is 12.3 Å². The molecule has 0 bridgehead atoms. The van der Waals surface area contributed by atoms with Gasteiger partial charge in [-0.25, -0.2) is 4.98 Å². The first-order chi connectivity index (χ1) is 8.26. The number of aromatic nitrogens is 2. The van der Waals surface area contributed by atoms with Crippen LogP contribution in [-0.2, 0) is 9.53 Å². The molecule has 1 amide bonds. The molecule has 0 aliphatic carbocycles. The fraction of sp³-hybridized carbons (Fsp3) is 0.500. The minimum Gasteiger partial charge on any atom is -0.383 e. The van der Waals surface area contributed by atoms with Crippen molar-refractivity contribution in [2.75, 3.05) is 44.5 Å². The van der Waals surface area contributed by atoms with Crippen LogP contribution in [0.15, 0.2) is 12.3 Å². The van der Waals surface area contributed by atoms with E-state index in [4.69, 9.17) is 4.74 Å². The molecule has 7 nitrogen and oxygen atoms in total. The van der Waals surface area contributed by atoms with Gasteiger partial charge >= 0.3 is 0 Å². The number of carbonyl (C=O) groups excluding carboxylic acids is 1. The zero-order valence-electron chi connectivity index (χ0n) is 9.99. The fourth-order valence-electron chi connectivity index (χ4n) is 1.10. The van der Waals surface area contributed by atoms with Crippen molar-refractivity contribution in [3.8, 4) is 0 Å². The predicted molar refractivity (Wildman–Crippen MR) is 65.0 cm³/mol. The summed E-state index contributed by atoms with van der Waals surface area (Å²) in [6.07, 6.45) is 1.62. The van der Waals surface area contributed by atoms with Crippen LogP contribution in [0.25, 0.3) is 0 Å². The summed E-state index contributed by atoms with van der Waals surface area (Å²) in [6.45, 7) is 1.18. The first-order valence-corrected chi connectivity index (χ1v) is 5.26. The summed E-state index contributed by atoms with van der Waals surface area (Å²) >= 11 is 0. The molecule has 0 aliphatic rings. The van der Waals surface area contributed by atoms with Crippen LogP contribution >= 0.6 is 0 Å². The number of rotatable bonds is 7. The summed E-state index contributed by atoms with van der Waals surface area (Å²) in [5.74, 6) is 1.01. The lowest BCUT2D eigenvalue weighted by atomic mass is 10.5. The molecule has 0 atom stereocenters. The van der Waals surface area contributed by atoms with Gasteiger partial charge in [-0.05, 0) is 6.07 Å². The topological polar surface area (TPSA) is 88.2 Å². The van der Waals surface area contributed by atoms with Gasteiger partial charge in [0.05, 0.1) is 13.2 Å². The molecule has 0 saturated heterocycles. The summed E-state index contributed by atoms with van der Waals surface area (Å²) in [6, 6.07) is 1.70.